The SMILES string of the molecule is CC(C)c1ccc(S(=O)(=O)N2CCCC2CCc2nncn2Cc2ccccc2)cc1. The summed E-state index contributed by atoms with van der Waals surface area (Å²) in [4.78, 5) is 0.385. The standard InChI is InChI=1S/C24H30N4O2S/c1-19(2)21-10-13-23(14-11-21)31(29,30)28-16-6-9-22(28)12-15-24-26-25-18-27(24)17-20-7-4-3-5-8-20/h3-5,7-8,10-11,13-14,18-19,22H,6,9,12,15-17H2,1-2H3. The number of sulfonamides is 1. The second-order valence-electron chi connectivity index (χ2n) is 8.53. The molecule has 0 radical (unpaired) electrons. The molecule has 0 bridgehead atoms. The van der Waals surface area contributed by atoms with Crippen LogP contribution in [0.5, 0.6) is 0 Å². The van der Waals surface area contributed by atoms with Gasteiger partial charge in [0.15, 0.2) is 0 Å². The van der Waals surface area contributed by atoms with Crippen molar-refractivity contribution in [3.05, 3.63) is 77.9 Å². The highest BCUT2D eigenvalue weighted by Crippen LogP contribution is 2.29. The number of aryl methyl sites for hydroxylation is 1. The maximum Gasteiger partial charge on any atom is 0.243 e. The van der Waals surface area contributed by atoms with Crippen LogP contribution in [0.15, 0.2) is 65.8 Å². The highest BCUT2D eigenvalue weighted by atomic mass is 32.2. The molecule has 2 heterocycles. The van der Waals surface area contributed by atoms with Gasteiger partial charge in [0.25, 0.3) is 0 Å². The van der Waals surface area contributed by atoms with Crippen LogP contribution in [-0.2, 0) is 23.0 Å². The quantitative estimate of drug-likeness (QED) is 0.528. The minimum atomic E-state index is -3.49. The Labute approximate surface area is 185 Å². The third kappa shape index (κ3) is 4.88. The zero-order chi connectivity index (χ0) is 21.8. The van der Waals surface area contributed by atoms with Gasteiger partial charge < -0.3 is 4.57 Å². The van der Waals surface area contributed by atoms with Crippen LogP contribution in [0.2, 0.25) is 0 Å². The van der Waals surface area contributed by atoms with E-state index in [1.165, 1.54) is 5.56 Å². The fourth-order valence-electron chi connectivity index (χ4n) is 4.25. The topological polar surface area (TPSA) is 68.1 Å². The van der Waals surface area contributed by atoms with E-state index in [0.29, 0.717) is 23.8 Å². The summed E-state index contributed by atoms with van der Waals surface area (Å²) in [6.45, 7) is 5.51. The molecule has 1 fully saturated rings. The molecule has 0 N–H and O–H groups in total. The van der Waals surface area contributed by atoms with Crippen LogP contribution in [0.4, 0.5) is 0 Å². The molecule has 3 aromatic rings. The summed E-state index contributed by atoms with van der Waals surface area (Å²) in [5.74, 6) is 1.28. The van der Waals surface area contributed by atoms with E-state index < -0.39 is 10.0 Å². The highest BCUT2D eigenvalue weighted by molar-refractivity contribution is 7.89. The van der Waals surface area contributed by atoms with E-state index in [-0.39, 0.29) is 6.04 Å². The molecular weight excluding hydrogens is 408 g/mol. The molecule has 1 aromatic heterocycles. The Morgan fingerprint density at radius 3 is 2.52 bits per heavy atom. The number of aromatic nitrogens is 3. The van der Waals surface area contributed by atoms with Crippen molar-refractivity contribution in [1.29, 1.82) is 0 Å². The van der Waals surface area contributed by atoms with Gasteiger partial charge >= 0.3 is 0 Å². The summed E-state index contributed by atoms with van der Waals surface area (Å²) < 4.78 is 30.3. The maximum absolute atomic E-state index is 13.3. The molecule has 1 atom stereocenters. The normalized spacial score (nSPS) is 17.5. The predicted molar refractivity (Wildman–Crippen MR) is 121 cm³/mol. The Morgan fingerprint density at radius 2 is 1.81 bits per heavy atom. The largest absolute Gasteiger partial charge is 0.313 e. The van der Waals surface area contributed by atoms with Crippen LogP contribution in [0.1, 0.15) is 56.0 Å². The van der Waals surface area contributed by atoms with E-state index in [2.05, 4.69) is 36.2 Å². The van der Waals surface area contributed by atoms with Crippen LogP contribution < -0.4 is 0 Å². The molecule has 1 aliphatic rings. The number of rotatable bonds is 8. The van der Waals surface area contributed by atoms with Gasteiger partial charge in [-0.25, -0.2) is 8.42 Å². The molecule has 0 spiro atoms. The van der Waals surface area contributed by atoms with E-state index in [4.69, 9.17) is 0 Å². The van der Waals surface area contributed by atoms with Crippen LogP contribution in [0, 0.1) is 0 Å². The predicted octanol–water partition coefficient (Wildman–Crippen LogP) is 4.24. The first kappa shape index (κ1) is 21.7. The smallest absolute Gasteiger partial charge is 0.243 e. The first-order chi connectivity index (χ1) is 14.9. The Balaban J connectivity index is 1.44. The van der Waals surface area contributed by atoms with Gasteiger partial charge in [-0.05, 0) is 48.4 Å². The van der Waals surface area contributed by atoms with Gasteiger partial charge in [0.1, 0.15) is 12.2 Å². The van der Waals surface area contributed by atoms with Crippen LogP contribution in [0.25, 0.3) is 0 Å². The molecule has 0 saturated carbocycles. The molecule has 4 rings (SSSR count). The molecule has 1 aliphatic heterocycles. The third-order valence-corrected chi connectivity index (χ3v) is 8.04. The maximum atomic E-state index is 13.3. The third-order valence-electron chi connectivity index (χ3n) is 6.07. The van der Waals surface area contributed by atoms with Gasteiger partial charge in [-0.3, -0.25) is 0 Å². The molecule has 7 heteroatoms. The van der Waals surface area contributed by atoms with Crippen LogP contribution in [0.3, 0.4) is 0 Å². The lowest BCUT2D eigenvalue weighted by Gasteiger charge is -2.24. The highest BCUT2D eigenvalue weighted by Gasteiger charge is 2.35. The molecule has 164 valence electrons. The van der Waals surface area contributed by atoms with Crippen molar-refractivity contribution in [3.8, 4) is 0 Å². The molecule has 31 heavy (non-hydrogen) atoms. The molecule has 0 amide bonds. The van der Waals surface area contributed by atoms with Crippen molar-refractivity contribution in [3.63, 3.8) is 0 Å². The van der Waals surface area contributed by atoms with Gasteiger partial charge in [0.05, 0.1) is 11.4 Å². The lowest BCUT2D eigenvalue weighted by Crippen LogP contribution is -2.36. The molecule has 2 aromatic carbocycles. The Hall–Kier alpha value is -2.51. The zero-order valence-corrected chi connectivity index (χ0v) is 19.0. The van der Waals surface area contributed by atoms with E-state index in [1.807, 2.05) is 34.9 Å². The number of hydrogen-bond acceptors (Lipinski definition) is 4. The summed E-state index contributed by atoms with van der Waals surface area (Å²) >= 11 is 0. The molecule has 6 nitrogen and oxygen atoms in total. The average molecular weight is 439 g/mol. The fourth-order valence-corrected chi connectivity index (χ4v) is 5.98. The van der Waals surface area contributed by atoms with E-state index in [9.17, 15) is 8.42 Å². The lowest BCUT2D eigenvalue weighted by atomic mass is 10.0. The Bertz CT molecular complexity index is 1090. The van der Waals surface area contributed by atoms with E-state index in [1.54, 1.807) is 22.8 Å². The van der Waals surface area contributed by atoms with Crippen LogP contribution in [-0.4, -0.2) is 40.1 Å². The summed E-state index contributed by atoms with van der Waals surface area (Å²) in [7, 11) is -3.49. The second-order valence-corrected chi connectivity index (χ2v) is 10.4. The average Bonchev–Trinajstić information content (AvgIpc) is 3.42. The number of benzene rings is 2. The summed E-state index contributed by atoms with van der Waals surface area (Å²) in [5, 5.41) is 8.37. The van der Waals surface area contributed by atoms with Gasteiger partial charge in [-0.15, -0.1) is 10.2 Å². The molecule has 1 unspecified atom stereocenters. The van der Waals surface area contributed by atoms with Gasteiger partial charge in [0, 0.05) is 19.0 Å². The minimum Gasteiger partial charge on any atom is -0.313 e. The van der Waals surface area contributed by atoms with Gasteiger partial charge in [-0.2, -0.15) is 4.31 Å². The van der Waals surface area contributed by atoms with Crippen molar-refractivity contribution < 1.29 is 8.42 Å². The van der Waals surface area contributed by atoms with Crippen molar-refractivity contribution >= 4 is 10.0 Å². The Kier molecular flexibility index (Phi) is 6.53. The first-order valence-electron chi connectivity index (χ1n) is 11.0. The number of hydrogen-bond donors (Lipinski definition) is 0. The minimum absolute atomic E-state index is 0.00310. The van der Waals surface area contributed by atoms with Gasteiger partial charge in [0.2, 0.25) is 10.0 Å². The zero-order valence-electron chi connectivity index (χ0n) is 18.2. The second kappa shape index (κ2) is 9.32. The van der Waals surface area contributed by atoms with Crippen molar-refractivity contribution in [2.45, 2.75) is 62.9 Å². The molecule has 0 aliphatic carbocycles. The summed E-state index contributed by atoms with van der Waals surface area (Å²) in [5.41, 5.74) is 2.34. The van der Waals surface area contributed by atoms with Gasteiger partial charge in [-0.1, -0.05) is 56.3 Å². The monoisotopic (exact) mass is 438 g/mol. The molecular formula is C24H30N4O2S. The summed E-state index contributed by atoms with van der Waals surface area (Å²) in [6, 6.07) is 17.6. The fraction of sp³-hybridized carbons (Fsp3) is 0.417. The van der Waals surface area contributed by atoms with E-state index in [0.717, 1.165) is 37.2 Å². The Morgan fingerprint density at radius 1 is 1.06 bits per heavy atom. The summed E-state index contributed by atoms with van der Waals surface area (Å²) in [6.07, 6.45) is 4.98. The lowest BCUT2D eigenvalue weighted by molar-refractivity contribution is 0.367. The van der Waals surface area contributed by atoms with Crippen molar-refractivity contribution in [2.24, 2.45) is 0 Å². The van der Waals surface area contributed by atoms with Crippen molar-refractivity contribution in [2.75, 3.05) is 6.54 Å². The van der Waals surface area contributed by atoms with E-state index >= 15 is 0 Å². The molecule has 1 saturated heterocycles. The van der Waals surface area contributed by atoms with Crippen molar-refractivity contribution in [1.82, 2.24) is 19.1 Å². The number of nitrogens with zero attached hydrogens (tertiary/aromatic N) is 4. The van der Waals surface area contributed by atoms with Crippen LogP contribution >= 0.6 is 0 Å². The first-order valence-corrected chi connectivity index (χ1v) is 12.4.